The van der Waals surface area contributed by atoms with Gasteiger partial charge in [-0.25, -0.2) is 0 Å². The van der Waals surface area contributed by atoms with Crippen LogP contribution in [0.25, 0.3) is 0 Å². The number of aliphatic hydroxyl groups is 1. The van der Waals surface area contributed by atoms with Crippen LogP contribution in [0, 0.1) is 23.2 Å². The summed E-state index contributed by atoms with van der Waals surface area (Å²) in [5.74, 6) is 0.628. The van der Waals surface area contributed by atoms with Gasteiger partial charge in [0, 0.05) is 19.0 Å². The quantitative estimate of drug-likeness (QED) is 0.584. The zero-order valence-electron chi connectivity index (χ0n) is 17.7. The molecule has 0 aromatic heterocycles. The predicted molar refractivity (Wildman–Crippen MR) is 111 cm³/mol. The van der Waals surface area contributed by atoms with E-state index in [9.17, 15) is 15.0 Å². The Balaban J connectivity index is 1.45. The van der Waals surface area contributed by atoms with Gasteiger partial charge in [-0.05, 0) is 55.3 Å². The molecule has 5 heteroatoms. The van der Waals surface area contributed by atoms with Crippen molar-refractivity contribution in [2.24, 2.45) is 23.2 Å². The number of allylic oxidation sites excluding steroid dienone is 1. The number of phenols is 1. The molecule has 0 unspecified atom stereocenters. The Bertz CT molecular complexity index is 789. The summed E-state index contributed by atoms with van der Waals surface area (Å²) in [6, 6.07) is 6.61. The summed E-state index contributed by atoms with van der Waals surface area (Å²) in [5.41, 5.74) is 2.46. The zero-order chi connectivity index (χ0) is 20.8. The van der Waals surface area contributed by atoms with Crippen LogP contribution in [0.3, 0.4) is 0 Å². The molecule has 6 atom stereocenters. The normalized spacial score (nSPS) is 34.9. The van der Waals surface area contributed by atoms with Crippen molar-refractivity contribution in [2.75, 3.05) is 20.1 Å². The van der Waals surface area contributed by atoms with Crippen LogP contribution in [0.4, 0.5) is 0 Å². The number of esters is 1. The van der Waals surface area contributed by atoms with E-state index in [0.717, 1.165) is 12.0 Å². The maximum Gasteiger partial charge on any atom is 0.311 e. The molecule has 4 rings (SSSR count). The Kier molecular flexibility index (Phi) is 5.47. The third-order valence-corrected chi connectivity index (χ3v) is 7.35. The highest BCUT2D eigenvalue weighted by molar-refractivity contribution is 5.76. The standard InChI is InChI=1S/C24H33NO4/c1-15-5-4-10-24(2)12-22-18(11-20(15)24)19(23(28)29-22)13-25(3)14-21(27)16-6-8-17(26)9-7-16/h6-9,11,15,18-19,21-22,26-27H,4-5,10,12-14H2,1-3H3/t15-,18+,19-,21+,22+,24+/m0/s1. The molecule has 2 fully saturated rings. The van der Waals surface area contributed by atoms with Crippen molar-refractivity contribution in [1.29, 1.82) is 0 Å². The lowest BCUT2D eigenvalue weighted by Gasteiger charge is -2.46. The third kappa shape index (κ3) is 3.95. The first-order valence-corrected chi connectivity index (χ1v) is 10.8. The van der Waals surface area contributed by atoms with Gasteiger partial charge in [0.1, 0.15) is 11.9 Å². The summed E-state index contributed by atoms with van der Waals surface area (Å²) in [5, 5.41) is 19.9. The van der Waals surface area contributed by atoms with Crippen molar-refractivity contribution in [1.82, 2.24) is 4.90 Å². The van der Waals surface area contributed by atoms with Gasteiger partial charge >= 0.3 is 5.97 Å². The molecule has 1 saturated carbocycles. The molecule has 0 radical (unpaired) electrons. The van der Waals surface area contributed by atoms with Gasteiger partial charge in [-0.1, -0.05) is 44.1 Å². The fourth-order valence-corrected chi connectivity index (χ4v) is 5.77. The first kappa shape index (κ1) is 20.4. The van der Waals surface area contributed by atoms with E-state index >= 15 is 0 Å². The molecule has 0 amide bonds. The van der Waals surface area contributed by atoms with Gasteiger partial charge in [-0.3, -0.25) is 4.79 Å². The predicted octanol–water partition coefficient (Wildman–Crippen LogP) is 3.67. The number of hydrogen-bond donors (Lipinski definition) is 2. The van der Waals surface area contributed by atoms with Gasteiger partial charge in [-0.15, -0.1) is 0 Å². The number of aromatic hydroxyl groups is 1. The highest BCUT2D eigenvalue weighted by Crippen LogP contribution is 2.53. The van der Waals surface area contributed by atoms with Gasteiger partial charge in [-0.2, -0.15) is 0 Å². The molecule has 5 nitrogen and oxygen atoms in total. The minimum atomic E-state index is -0.666. The van der Waals surface area contributed by atoms with Crippen LogP contribution in [0.1, 0.15) is 51.2 Å². The highest BCUT2D eigenvalue weighted by atomic mass is 16.6. The zero-order valence-corrected chi connectivity index (χ0v) is 17.7. The maximum absolute atomic E-state index is 12.7. The Morgan fingerprint density at radius 2 is 2.03 bits per heavy atom. The maximum atomic E-state index is 12.7. The van der Waals surface area contributed by atoms with Crippen molar-refractivity contribution in [2.45, 2.75) is 51.7 Å². The summed E-state index contributed by atoms with van der Waals surface area (Å²) in [4.78, 5) is 14.7. The molecule has 158 valence electrons. The number of rotatable bonds is 5. The van der Waals surface area contributed by atoms with Crippen LogP contribution in [-0.4, -0.2) is 47.3 Å². The van der Waals surface area contributed by atoms with Crippen LogP contribution >= 0.6 is 0 Å². The molecule has 1 aromatic rings. The monoisotopic (exact) mass is 399 g/mol. The van der Waals surface area contributed by atoms with Crippen molar-refractivity contribution >= 4 is 5.97 Å². The van der Waals surface area contributed by atoms with Gasteiger partial charge in [0.2, 0.25) is 0 Å². The Labute approximate surface area is 173 Å². The Hall–Kier alpha value is -1.85. The Morgan fingerprint density at radius 1 is 1.31 bits per heavy atom. The average Bonchev–Trinajstić information content (AvgIpc) is 2.94. The van der Waals surface area contributed by atoms with E-state index < -0.39 is 6.10 Å². The molecule has 0 bridgehead atoms. The molecule has 0 spiro atoms. The van der Waals surface area contributed by atoms with Crippen molar-refractivity contribution in [3.63, 3.8) is 0 Å². The first-order chi connectivity index (χ1) is 13.8. The molecular weight excluding hydrogens is 366 g/mol. The van der Waals surface area contributed by atoms with Crippen LogP contribution in [0.2, 0.25) is 0 Å². The van der Waals surface area contributed by atoms with Gasteiger partial charge in [0.25, 0.3) is 0 Å². The largest absolute Gasteiger partial charge is 0.508 e. The molecule has 29 heavy (non-hydrogen) atoms. The summed E-state index contributed by atoms with van der Waals surface area (Å²) in [7, 11) is 1.94. The van der Waals surface area contributed by atoms with Crippen LogP contribution in [0.5, 0.6) is 5.75 Å². The number of benzene rings is 1. The van der Waals surface area contributed by atoms with Crippen molar-refractivity contribution in [3.05, 3.63) is 41.5 Å². The Morgan fingerprint density at radius 3 is 2.76 bits per heavy atom. The fourth-order valence-electron chi connectivity index (χ4n) is 5.77. The number of aliphatic hydroxyl groups excluding tert-OH is 1. The van der Waals surface area contributed by atoms with Crippen molar-refractivity contribution in [3.8, 4) is 5.75 Å². The van der Waals surface area contributed by atoms with Crippen LogP contribution < -0.4 is 0 Å². The number of phenolic OH excluding ortho intramolecular Hbond substituents is 1. The van der Waals surface area contributed by atoms with Gasteiger partial charge in [0.05, 0.1) is 12.0 Å². The fraction of sp³-hybridized carbons (Fsp3) is 0.625. The minimum Gasteiger partial charge on any atom is -0.508 e. The third-order valence-electron chi connectivity index (χ3n) is 7.35. The van der Waals surface area contributed by atoms with Crippen LogP contribution in [0.15, 0.2) is 35.9 Å². The van der Waals surface area contributed by atoms with E-state index in [-0.39, 0.29) is 35.1 Å². The number of nitrogens with zero attached hydrogens (tertiary/aromatic N) is 1. The summed E-state index contributed by atoms with van der Waals surface area (Å²) in [6.45, 7) is 5.66. The number of ether oxygens (including phenoxy) is 1. The SMILES string of the molecule is C[C@H]1CCC[C@]2(C)C[C@H]3OC(=O)[C@@H](CN(C)C[C@@H](O)c4ccc(O)cc4)[C@H]3C=C12. The molecule has 1 aromatic carbocycles. The van der Waals surface area contributed by atoms with E-state index in [2.05, 4.69) is 19.9 Å². The lowest BCUT2D eigenvalue weighted by Crippen LogP contribution is -2.40. The van der Waals surface area contributed by atoms with Crippen LogP contribution in [-0.2, 0) is 9.53 Å². The molecule has 1 saturated heterocycles. The number of likely N-dealkylation sites (N-methyl/N-ethyl adjacent to an activating group) is 1. The van der Waals surface area contributed by atoms with E-state index in [4.69, 9.17) is 4.74 Å². The molecule has 1 heterocycles. The lowest BCUT2D eigenvalue weighted by atomic mass is 9.59. The molecular formula is C24H33NO4. The molecule has 2 N–H and O–H groups in total. The van der Waals surface area contributed by atoms with Gasteiger partial charge < -0.3 is 19.8 Å². The minimum absolute atomic E-state index is 0.0121. The lowest BCUT2D eigenvalue weighted by molar-refractivity contribution is -0.145. The van der Waals surface area contributed by atoms with Gasteiger partial charge in [0.15, 0.2) is 0 Å². The number of carbonyl (C=O) groups excluding carboxylic acids is 1. The average molecular weight is 400 g/mol. The van der Waals surface area contributed by atoms with E-state index in [0.29, 0.717) is 19.0 Å². The highest BCUT2D eigenvalue weighted by Gasteiger charge is 2.51. The smallest absolute Gasteiger partial charge is 0.311 e. The van der Waals surface area contributed by atoms with Crippen molar-refractivity contribution < 1.29 is 19.7 Å². The second-order valence-electron chi connectivity index (χ2n) is 9.67. The van der Waals surface area contributed by atoms with E-state index in [1.807, 2.05) is 11.9 Å². The second-order valence-corrected chi connectivity index (χ2v) is 9.67. The molecule has 3 aliphatic rings. The second kappa shape index (κ2) is 7.77. The summed E-state index contributed by atoms with van der Waals surface area (Å²) < 4.78 is 5.83. The molecule has 1 aliphatic heterocycles. The number of carbonyl (C=O) groups is 1. The number of fused-ring (bicyclic) bond motifs is 2. The summed E-state index contributed by atoms with van der Waals surface area (Å²) >= 11 is 0. The van der Waals surface area contributed by atoms with E-state index in [1.54, 1.807) is 24.3 Å². The topological polar surface area (TPSA) is 70.0 Å². The number of hydrogen-bond acceptors (Lipinski definition) is 5. The summed E-state index contributed by atoms with van der Waals surface area (Å²) in [6.07, 6.45) is 6.31. The van der Waals surface area contributed by atoms with E-state index in [1.165, 1.54) is 24.8 Å². The molecule has 2 aliphatic carbocycles. The first-order valence-electron chi connectivity index (χ1n) is 10.8.